The van der Waals surface area contributed by atoms with Gasteiger partial charge in [-0.15, -0.1) is 22.7 Å². The Hall–Kier alpha value is -1.88. The van der Waals surface area contributed by atoms with Crippen molar-refractivity contribution in [1.82, 2.24) is 0 Å². The lowest BCUT2D eigenvalue weighted by atomic mass is 10.0. The molecule has 2 nitrogen and oxygen atoms in total. The summed E-state index contributed by atoms with van der Waals surface area (Å²) in [5.74, 6) is 0. The van der Waals surface area contributed by atoms with E-state index >= 15 is 0 Å². The molecule has 0 spiro atoms. The lowest BCUT2D eigenvalue weighted by molar-refractivity contribution is 1.18. The summed E-state index contributed by atoms with van der Waals surface area (Å²) in [5, 5.41) is 18.5. The number of fused-ring (bicyclic) bond motifs is 3. The van der Waals surface area contributed by atoms with Crippen molar-refractivity contribution < 1.29 is 0 Å². The number of rotatable bonds is 2. The number of allylic oxidation sites excluding steroid dienone is 1. The summed E-state index contributed by atoms with van der Waals surface area (Å²) in [6.07, 6.45) is 1.97. The average molecular weight is 296 g/mol. The number of hydrogen-bond donors (Lipinski definition) is 0. The first-order valence-electron chi connectivity index (χ1n) is 6.54. The Morgan fingerprint density at radius 1 is 0.950 bits per heavy atom. The molecule has 0 saturated carbocycles. The highest BCUT2D eigenvalue weighted by Gasteiger charge is 2.31. The van der Waals surface area contributed by atoms with Gasteiger partial charge in [0.05, 0.1) is 9.75 Å². The predicted octanol–water partition coefficient (Wildman–Crippen LogP) is 4.76. The van der Waals surface area contributed by atoms with E-state index < -0.39 is 0 Å². The first kappa shape index (κ1) is 13.1. The van der Waals surface area contributed by atoms with Crippen LogP contribution in [0.25, 0.3) is 15.3 Å². The molecule has 0 aromatic carbocycles. The van der Waals surface area contributed by atoms with E-state index in [1.807, 2.05) is 0 Å². The van der Waals surface area contributed by atoms with E-state index in [1.54, 1.807) is 22.7 Å². The van der Waals surface area contributed by atoms with Crippen molar-refractivity contribution in [3.05, 3.63) is 38.6 Å². The Balaban J connectivity index is 2.35. The van der Waals surface area contributed by atoms with Crippen LogP contribution in [0.2, 0.25) is 0 Å². The average Bonchev–Trinajstić information content (AvgIpc) is 3.12. The van der Waals surface area contributed by atoms with Crippen LogP contribution in [0.1, 0.15) is 34.7 Å². The van der Waals surface area contributed by atoms with Gasteiger partial charge in [-0.05, 0) is 25.0 Å². The van der Waals surface area contributed by atoms with Crippen molar-refractivity contribution in [2.75, 3.05) is 0 Å². The van der Waals surface area contributed by atoms with Crippen LogP contribution < -0.4 is 0 Å². The second-order valence-electron chi connectivity index (χ2n) is 4.59. The van der Waals surface area contributed by atoms with Gasteiger partial charge in [0, 0.05) is 26.5 Å². The van der Waals surface area contributed by atoms with Gasteiger partial charge in [-0.25, -0.2) is 0 Å². The van der Waals surface area contributed by atoms with Crippen LogP contribution in [0.3, 0.4) is 0 Å². The van der Waals surface area contributed by atoms with E-state index in [0.717, 1.165) is 29.5 Å². The molecule has 0 unspecified atom stereocenters. The van der Waals surface area contributed by atoms with E-state index in [1.165, 1.54) is 19.5 Å². The quantitative estimate of drug-likeness (QED) is 0.640. The van der Waals surface area contributed by atoms with Crippen LogP contribution in [-0.2, 0) is 12.8 Å². The molecule has 0 bridgehead atoms. The van der Waals surface area contributed by atoms with Crippen LogP contribution in [0.15, 0.2) is 17.7 Å². The molecule has 0 atom stereocenters. The molecule has 0 fully saturated rings. The SMILES string of the molecule is CCc1cc2c(s1)-c1sc(CC)cc1C2=C(C#N)C#N. The van der Waals surface area contributed by atoms with E-state index in [2.05, 4.69) is 38.1 Å². The number of nitrogens with zero attached hydrogens (tertiary/aromatic N) is 2. The van der Waals surface area contributed by atoms with Gasteiger partial charge in [0.15, 0.2) is 0 Å². The Morgan fingerprint density at radius 3 is 1.75 bits per heavy atom. The molecule has 3 rings (SSSR count). The summed E-state index contributed by atoms with van der Waals surface area (Å²) >= 11 is 3.58. The maximum atomic E-state index is 9.24. The van der Waals surface area contributed by atoms with Crippen molar-refractivity contribution in [2.24, 2.45) is 0 Å². The zero-order valence-electron chi connectivity index (χ0n) is 11.3. The summed E-state index contributed by atoms with van der Waals surface area (Å²) < 4.78 is 0. The smallest absolute Gasteiger partial charge is 0.138 e. The van der Waals surface area contributed by atoms with Gasteiger partial charge < -0.3 is 0 Å². The first-order chi connectivity index (χ1) is 9.73. The Labute approximate surface area is 126 Å². The molecule has 98 valence electrons. The van der Waals surface area contributed by atoms with Gasteiger partial charge >= 0.3 is 0 Å². The molecule has 0 amide bonds. The largest absolute Gasteiger partial charge is 0.192 e. The maximum Gasteiger partial charge on any atom is 0.138 e. The van der Waals surface area contributed by atoms with Crippen LogP contribution in [0.5, 0.6) is 0 Å². The van der Waals surface area contributed by atoms with Gasteiger partial charge in [0.2, 0.25) is 0 Å². The molecule has 2 heterocycles. The zero-order chi connectivity index (χ0) is 14.3. The predicted molar refractivity (Wildman–Crippen MR) is 83.6 cm³/mol. The number of thiophene rings is 2. The highest BCUT2D eigenvalue weighted by molar-refractivity contribution is 7.23. The van der Waals surface area contributed by atoms with Crippen molar-refractivity contribution in [2.45, 2.75) is 26.7 Å². The lowest BCUT2D eigenvalue weighted by Crippen LogP contribution is -1.86. The highest BCUT2D eigenvalue weighted by Crippen LogP contribution is 2.53. The molecule has 0 saturated heterocycles. The van der Waals surface area contributed by atoms with Crippen LogP contribution in [-0.4, -0.2) is 0 Å². The minimum absolute atomic E-state index is 0.228. The molecule has 4 heteroatoms. The van der Waals surface area contributed by atoms with Gasteiger partial charge in [0.25, 0.3) is 0 Å². The third-order valence-electron chi connectivity index (χ3n) is 3.48. The number of hydrogen-bond acceptors (Lipinski definition) is 4. The van der Waals surface area contributed by atoms with Gasteiger partial charge in [0.1, 0.15) is 17.7 Å². The molecule has 2 aromatic heterocycles. The summed E-state index contributed by atoms with van der Waals surface area (Å²) in [5.41, 5.74) is 3.22. The molecule has 0 N–H and O–H groups in total. The van der Waals surface area contributed by atoms with Gasteiger partial charge in [-0.3, -0.25) is 0 Å². The highest BCUT2D eigenvalue weighted by atomic mass is 32.1. The third-order valence-corrected chi connectivity index (χ3v) is 6.20. The molecular weight excluding hydrogens is 284 g/mol. The fourth-order valence-electron chi connectivity index (χ4n) is 2.49. The minimum Gasteiger partial charge on any atom is -0.192 e. The molecular formula is C16H12N2S2. The van der Waals surface area contributed by atoms with Crippen LogP contribution in [0.4, 0.5) is 0 Å². The first-order valence-corrected chi connectivity index (χ1v) is 8.17. The normalized spacial score (nSPS) is 11.7. The fourth-order valence-corrected chi connectivity index (χ4v) is 4.86. The van der Waals surface area contributed by atoms with Crippen molar-refractivity contribution in [1.29, 1.82) is 10.5 Å². The molecule has 2 aromatic rings. The zero-order valence-corrected chi connectivity index (χ0v) is 12.9. The third kappa shape index (κ3) is 1.73. The monoisotopic (exact) mass is 296 g/mol. The van der Waals surface area contributed by atoms with E-state index in [9.17, 15) is 10.5 Å². The summed E-state index contributed by atoms with van der Waals surface area (Å²) in [6.45, 7) is 4.26. The second kappa shape index (κ2) is 4.90. The van der Waals surface area contributed by atoms with E-state index in [0.29, 0.717) is 0 Å². The van der Waals surface area contributed by atoms with Crippen molar-refractivity contribution in [3.8, 4) is 21.9 Å². The number of nitriles is 2. The fraction of sp³-hybridized carbons (Fsp3) is 0.250. The Kier molecular flexibility index (Phi) is 3.22. The van der Waals surface area contributed by atoms with Gasteiger partial charge in [-0.1, -0.05) is 13.8 Å². The summed E-state index contributed by atoms with van der Waals surface area (Å²) in [6, 6.07) is 8.40. The molecule has 0 aliphatic heterocycles. The van der Waals surface area contributed by atoms with E-state index in [4.69, 9.17) is 0 Å². The topological polar surface area (TPSA) is 47.6 Å². The number of aryl methyl sites for hydroxylation is 2. The standard InChI is InChI=1S/C16H12N2S2/c1-3-10-5-12-14(9(7-17)8-18)13-6-11(4-2)20-16(13)15(12)19-10/h5-6H,3-4H2,1-2H3. The molecule has 0 radical (unpaired) electrons. The van der Waals surface area contributed by atoms with Crippen molar-refractivity contribution in [3.63, 3.8) is 0 Å². The Bertz CT molecular complexity index is 740. The second-order valence-corrected chi connectivity index (χ2v) is 6.87. The maximum absolute atomic E-state index is 9.24. The summed E-state index contributed by atoms with van der Waals surface area (Å²) in [7, 11) is 0. The van der Waals surface area contributed by atoms with E-state index in [-0.39, 0.29) is 5.57 Å². The van der Waals surface area contributed by atoms with Crippen LogP contribution >= 0.6 is 22.7 Å². The molecule has 1 aliphatic carbocycles. The summed E-state index contributed by atoms with van der Waals surface area (Å²) in [4.78, 5) is 5.08. The molecule has 20 heavy (non-hydrogen) atoms. The van der Waals surface area contributed by atoms with Crippen LogP contribution in [0, 0.1) is 22.7 Å². The Morgan fingerprint density at radius 2 is 1.40 bits per heavy atom. The van der Waals surface area contributed by atoms with Gasteiger partial charge in [-0.2, -0.15) is 10.5 Å². The lowest BCUT2D eigenvalue weighted by Gasteiger charge is -1.98. The minimum atomic E-state index is 0.228. The molecule has 1 aliphatic rings. The van der Waals surface area contributed by atoms with Crippen molar-refractivity contribution >= 4 is 28.2 Å².